The zero-order chi connectivity index (χ0) is 14.0. The Morgan fingerprint density at radius 3 is 1.80 bits per heavy atom. The van der Waals surface area contributed by atoms with Gasteiger partial charge in [-0.1, -0.05) is 72.4 Å². The summed E-state index contributed by atoms with van der Waals surface area (Å²) in [6, 6.07) is 19.2. The number of nitrogens with one attached hydrogen (secondary N) is 1. The van der Waals surface area contributed by atoms with E-state index >= 15 is 0 Å². The quantitative estimate of drug-likeness (QED) is 0.921. The van der Waals surface area contributed by atoms with Crippen LogP contribution in [0, 0.1) is 0 Å². The SMILES string of the molecule is O=C1NC(=O)C(c2ccccc2)(c2ccccc2)CS1. The normalized spacial score (nSPS) is 17.6. The van der Waals surface area contributed by atoms with Gasteiger partial charge in [-0.05, 0) is 11.1 Å². The number of rotatable bonds is 2. The third-order valence-electron chi connectivity index (χ3n) is 3.56. The molecule has 1 aliphatic heterocycles. The third-order valence-corrected chi connectivity index (χ3v) is 4.50. The van der Waals surface area contributed by atoms with Gasteiger partial charge in [0.15, 0.2) is 0 Å². The van der Waals surface area contributed by atoms with Gasteiger partial charge in [0.05, 0.1) is 0 Å². The molecule has 0 unspecified atom stereocenters. The predicted octanol–water partition coefficient (Wildman–Crippen LogP) is 2.96. The van der Waals surface area contributed by atoms with Crippen molar-refractivity contribution in [2.45, 2.75) is 5.41 Å². The Labute approximate surface area is 121 Å². The van der Waals surface area contributed by atoms with Gasteiger partial charge in [0.1, 0.15) is 5.41 Å². The summed E-state index contributed by atoms with van der Waals surface area (Å²) in [5.41, 5.74) is 1.01. The molecule has 4 heteroatoms. The van der Waals surface area contributed by atoms with E-state index in [1.54, 1.807) is 0 Å². The molecule has 2 aromatic carbocycles. The third kappa shape index (κ3) is 2.02. The fraction of sp³-hybridized carbons (Fsp3) is 0.125. The van der Waals surface area contributed by atoms with E-state index in [9.17, 15) is 9.59 Å². The van der Waals surface area contributed by atoms with Gasteiger partial charge in [-0.2, -0.15) is 0 Å². The van der Waals surface area contributed by atoms with Crippen LogP contribution in [0.25, 0.3) is 0 Å². The Bertz CT molecular complexity index is 601. The molecule has 1 heterocycles. The van der Waals surface area contributed by atoms with Crippen LogP contribution in [0.4, 0.5) is 4.79 Å². The molecule has 2 aromatic rings. The Hall–Kier alpha value is -2.07. The Morgan fingerprint density at radius 1 is 0.850 bits per heavy atom. The Kier molecular flexibility index (Phi) is 3.32. The van der Waals surface area contributed by atoms with Crippen LogP contribution in [-0.2, 0) is 10.2 Å². The molecular weight excluding hydrogens is 270 g/mol. The second kappa shape index (κ2) is 5.13. The summed E-state index contributed by atoms with van der Waals surface area (Å²) in [5.74, 6) is 0.171. The lowest BCUT2D eigenvalue weighted by Crippen LogP contribution is -2.52. The van der Waals surface area contributed by atoms with Gasteiger partial charge in [0.2, 0.25) is 5.91 Å². The molecule has 0 saturated carbocycles. The molecule has 1 saturated heterocycles. The second-order valence-electron chi connectivity index (χ2n) is 4.67. The zero-order valence-electron chi connectivity index (χ0n) is 10.7. The fourth-order valence-corrected chi connectivity index (χ4v) is 3.49. The first-order chi connectivity index (χ1) is 9.73. The number of imide groups is 1. The molecular formula is C16H13NO2S. The topological polar surface area (TPSA) is 46.2 Å². The molecule has 3 nitrogen and oxygen atoms in total. The minimum Gasteiger partial charge on any atom is -0.286 e. The monoisotopic (exact) mass is 283 g/mol. The van der Waals surface area contributed by atoms with Crippen LogP contribution >= 0.6 is 11.8 Å². The van der Waals surface area contributed by atoms with E-state index < -0.39 is 5.41 Å². The van der Waals surface area contributed by atoms with Crippen molar-refractivity contribution in [1.29, 1.82) is 0 Å². The summed E-state index contributed by atoms with van der Waals surface area (Å²) in [6.45, 7) is 0. The molecule has 0 spiro atoms. The minimum atomic E-state index is -0.804. The largest absolute Gasteiger partial charge is 0.286 e. The van der Waals surface area contributed by atoms with Crippen LogP contribution in [0.1, 0.15) is 11.1 Å². The van der Waals surface area contributed by atoms with E-state index in [0.717, 1.165) is 22.9 Å². The van der Waals surface area contributed by atoms with E-state index in [1.807, 2.05) is 60.7 Å². The van der Waals surface area contributed by atoms with Gasteiger partial charge in [-0.3, -0.25) is 14.9 Å². The standard InChI is InChI=1S/C16H13NO2S/c18-14-16(11-20-15(19)17-14,12-7-3-1-4-8-12)13-9-5-2-6-10-13/h1-10H,11H2,(H,17,18,19). The Morgan fingerprint density at radius 2 is 1.35 bits per heavy atom. The molecule has 0 bridgehead atoms. The number of amides is 2. The van der Waals surface area contributed by atoms with Crippen molar-refractivity contribution >= 4 is 22.9 Å². The average molecular weight is 283 g/mol. The molecule has 1 N–H and O–H groups in total. The van der Waals surface area contributed by atoms with Crippen molar-refractivity contribution in [2.24, 2.45) is 0 Å². The number of carbonyl (C=O) groups is 2. The maximum Gasteiger partial charge on any atom is 0.285 e. The highest BCUT2D eigenvalue weighted by Crippen LogP contribution is 2.38. The van der Waals surface area contributed by atoms with Crippen LogP contribution in [0.2, 0.25) is 0 Å². The van der Waals surface area contributed by atoms with Gasteiger partial charge >= 0.3 is 0 Å². The first-order valence-corrected chi connectivity index (χ1v) is 7.31. The molecule has 0 radical (unpaired) electrons. The molecule has 20 heavy (non-hydrogen) atoms. The molecule has 2 amide bonds. The molecule has 100 valence electrons. The summed E-state index contributed by atoms with van der Waals surface area (Å²) < 4.78 is 0. The Balaban J connectivity index is 2.18. The maximum absolute atomic E-state index is 12.6. The molecule has 0 aromatic heterocycles. The van der Waals surface area contributed by atoms with E-state index in [2.05, 4.69) is 5.32 Å². The fourth-order valence-electron chi connectivity index (χ4n) is 2.52. The van der Waals surface area contributed by atoms with Gasteiger partial charge in [0, 0.05) is 5.75 Å². The smallest absolute Gasteiger partial charge is 0.285 e. The number of hydrogen-bond donors (Lipinski definition) is 1. The maximum atomic E-state index is 12.6. The first-order valence-electron chi connectivity index (χ1n) is 6.33. The number of benzene rings is 2. The lowest BCUT2D eigenvalue weighted by molar-refractivity contribution is -0.123. The average Bonchev–Trinajstić information content (AvgIpc) is 2.50. The lowest BCUT2D eigenvalue weighted by Gasteiger charge is -2.35. The highest BCUT2D eigenvalue weighted by molar-refractivity contribution is 8.13. The molecule has 1 fully saturated rings. The minimum absolute atomic E-state index is 0.251. The van der Waals surface area contributed by atoms with E-state index in [4.69, 9.17) is 0 Å². The summed E-state index contributed by atoms with van der Waals surface area (Å²) in [4.78, 5) is 24.0. The zero-order valence-corrected chi connectivity index (χ0v) is 11.5. The predicted molar refractivity (Wildman–Crippen MR) is 79.7 cm³/mol. The second-order valence-corrected chi connectivity index (χ2v) is 5.62. The summed E-state index contributed by atoms with van der Waals surface area (Å²) in [5, 5.41) is 2.17. The number of hydrogen-bond acceptors (Lipinski definition) is 3. The van der Waals surface area contributed by atoms with E-state index in [-0.39, 0.29) is 11.1 Å². The van der Waals surface area contributed by atoms with Crippen molar-refractivity contribution in [3.63, 3.8) is 0 Å². The number of thioether (sulfide) groups is 1. The van der Waals surface area contributed by atoms with Crippen LogP contribution in [0.5, 0.6) is 0 Å². The van der Waals surface area contributed by atoms with Crippen molar-refractivity contribution < 1.29 is 9.59 Å². The molecule has 1 aliphatic rings. The summed E-state index contributed by atoms with van der Waals surface area (Å²) in [6.07, 6.45) is 0. The summed E-state index contributed by atoms with van der Waals surface area (Å²) >= 11 is 1.15. The van der Waals surface area contributed by atoms with Crippen molar-refractivity contribution in [2.75, 3.05) is 5.75 Å². The van der Waals surface area contributed by atoms with Crippen molar-refractivity contribution in [1.82, 2.24) is 5.32 Å². The van der Waals surface area contributed by atoms with Crippen LogP contribution in [-0.4, -0.2) is 16.9 Å². The summed E-state index contributed by atoms with van der Waals surface area (Å²) in [7, 11) is 0. The molecule has 3 rings (SSSR count). The highest BCUT2D eigenvalue weighted by Gasteiger charge is 2.46. The first kappa shape index (κ1) is 12.9. The highest BCUT2D eigenvalue weighted by atomic mass is 32.2. The van der Waals surface area contributed by atoms with Crippen LogP contribution < -0.4 is 5.32 Å². The lowest BCUT2D eigenvalue weighted by atomic mass is 9.75. The van der Waals surface area contributed by atoms with Crippen molar-refractivity contribution in [3.05, 3.63) is 71.8 Å². The van der Waals surface area contributed by atoms with E-state index in [1.165, 1.54) is 0 Å². The van der Waals surface area contributed by atoms with Crippen LogP contribution in [0.3, 0.4) is 0 Å². The van der Waals surface area contributed by atoms with Crippen molar-refractivity contribution in [3.8, 4) is 0 Å². The van der Waals surface area contributed by atoms with Gasteiger partial charge < -0.3 is 0 Å². The van der Waals surface area contributed by atoms with Gasteiger partial charge in [0.25, 0.3) is 5.24 Å². The number of carbonyl (C=O) groups excluding carboxylic acids is 2. The van der Waals surface area contributed by atoms with Gasteiger partial charge in [-0.25, -0.2) is 0 Å². The van der Waals surface area contributed by atoms with E-state index in [0.29, 0.717) is 5.75 Å². The molecule has 0 atom stereocenters. The molecule has 0 aliphatic carbocycles. The van der Waals surface area contributed by atoms with Crippen LogP contribution in [0.15, 0.2) is 60.7 Å². The van der Waals surface area contributed by atoms with Gasteiger partial charge in [-0.15, -0.1) is 0 Å².